The summed E-state index contributed by atoms with van der Waals surface area (Å²) in [4.78, 5) is 14.3. The van der Waals surface area contributed by atoms with Gasteiger partial charge in [0.25, 0.3) is 0 Å². The van der Waals surface area contributed by atoms with Crippen LogP contribution < -0.4 is 0 Å². The molecular weight excluding hydrogens is 262 g/mol. The van der Waals surface area contributed by atoms with E-state index in [-0.39, 0.29) is 5.97 Å². The minimum absolute atomic E-state index is 0.247. The van der Waals surface area contributed by atoms with Gasteiger partial charge in [-0.2, -0.15) is 0 Å². The van der Waals surface area contributed by atoms with Crippen LogP contribution in [-0.4, -0.2) is 36.1 Å². The van der Waals surface area contributed by atoms with E-state index in [0.29, 0.717) is 6.61 Å². The average molecular weight is 285 g/mol. The molecular formula is C18H23NO2. The molecule has 3 heteroatoms. The number of benzene rings is 1. The summed E-state index contributed by atoms with van der Waals surface area (Å²) >= 11 is 0. The molecule has 0 N–H and O–H groups in total. The van der Waals surface area contributed by atoms with Crippen LogP contribution in [0.4, 0.5) is 0 Å². The number of hydrogen-bond acceptors (Lipinski definition) is 3. The molecule has 2 aliphatic rings. The molecule has 2 saturated heterocycles. The lowest BCUT2D eigenvalue weighted by molar-refractivity contribution is -0.138. The van der Waals surface area contributed by atoms with Gasteiger partial charge in [0.2, 0.25) is 0 Å². The number of hydrogen-bond donors (Lipinski definition) is 0. The summed E-state index contributed by atoms with van der Waals surface area (Å²) < 4.78 is 5.32. The van der Waals surface area contributed by atoms with Crippen molar-refractivity contribution in [2.45, 2.75) is 44.2 Å². The van der Waals surface area contributed by atoms with E-state index in [1.165, 1.54) is 38.2 Å². The molecule has 3 rings (SSSR count). The van der Waals surface area contributed by atoms with E-state index in [1.807, 2.05) is 30.3 Å². The van der Waals surface area contributed by atoms with E-state index in [0.717, 1.165) is 24.2 Å². The first-order valence-corrected chi connectivity index (χ1v) is 7.98. The van der Waals surface area contributed by atoms with E-state index in [1.54, 1.807) is 6.08 Å². The summed E-state index contributed by atoms with van der Waals surface area (Å²) in [7, 11) is 0. The van der Waals surface area contributed by atoms with Gasteiger partial charge < -0.3 is 4.74 Å². The Labute approximate surface area is 126 Å². The Morgan fingerprint density at radius 3 is 2.57 bits per heavy atom. The molecule has 0 aliphatic carbocycles. The summed E-state index contributed by atoms with van der Waals surface area (Å²) in [6.45, 7) is 1.39. The smallest absolute Gasteiger partial charge is 0.330 e. The molecule has 2 heterocycles. The van der Waals surface area contributed by atoms with Gasteiger partial charge in [-0.25, -0.2) is 4.79 Å². The Balaban J connectivity index is 1.41. The van der Waals surface area contributed by atoms with E-state index in [4.69, 9.17) is 4.74 Å². The third-order valence-electron chi connectivity index (χ3n) is 4.65. The molecule has 3 nitrogen and oxygen atoms in total. The molecule has 1 aromatic rings. The number of ether oxygens (including phenoxy) is 1. The van der Waals surface area contributed by atoms with Crippen LogP contribution in [0.3, 0.4) is 0 Å². The Bertz CT molecular complexity index is 481. The highest BCUT2D eigenvalue weighted by Gasteiger charge is 2.35. The highest BCUT2D eigenvalue weighted by molar-refractivity contribution is 5.87. The van der Waals surface area contributed by atoms with Gasteiger partial charge in [-0.05, 0) is 37.3 Å². The second-order valence-corrected chi connectivity index (χ2v) is 5.97. The Hall–Kier alpha value is -1.61. The van der Waals surface area contributed by atoms with E-state index in [9.17, 15) is 4.79 Å². The molecule has 0 spiro atoms. The zero-order valence-electron chi connectivity index (χ0n) is 12.4. The highest BCUT2D eigenvalue weighted by atomic mass is 16.5. The zero-order chi connectivity index (χ0) is 14.5. The minimum Gasteiger partial charge on any atom is -0.461 e. The van der Waals surface area contributed by atoms with Crippen LogP contribution in [-0.2, 0) is 9.53 Å². The molecule has 0 radical (unpaired) electrons. The van der Waals surface area contributed by atoms with Crippen LogP contribution in [0.2, 0.25) is 0 Å². The Kier molecular flexibility index (Phi) is 4.71. The molecule has 2 atom stereocenters. The van der Waals surface area contributed by atoms with Crippen LogP contribution >= 0.6 is 0 Å². The van der Waals surface area contributed by atoms with Crippen molar-refractivity contribution in [2.24, 2.45) is 0 Å². The summed E-state index contributed by atoms with van der Waals surface area (Å²) in [5, 5.41) is 0. The number of fused-ring (bicyclic) bond motifs is 2. The number of carbonyl (C=O) groups is 1. The molecule has 0 saturated carbocycles. The van der Waals surface area contributed by atoms with Crippen molar-refractivity contribution in [1.29, 1.82) is 0 Å². The predicted molar refractivity (Wildman–Crippen MR) is 83.8 cm³/mol. The van der Waals surface area contributed by atoms with Gasteiger partial charge in [-0.15, -0.1) is 0 Å². The molecule has 2 bridgehead atoms. The fourth-order valence-corrected chi connectivity index (χ4v) is 3.62. The first-order chi connectivity index (χ1) is 10.3. The Morgan fingerprint density at radius 2 is 1.86 bits per heavy atom. The molecule has 21 heavy (non-hydrogen) atoms. The largest absolute Gasteiger partial charge is 0.461 e. The SMILES string of the molecule is O=C(C=Cc1ccccc1)OCCN1C2CCCC1CC2. The summed E-state index contributed by atoms with van der Waals surface area (Å²) in [5.74, 6) is -0.247. The fraction of sp³-hybridized carbons (Fsp3) is 0.500. The standard InChI is InChI=1S/C18H23NO2/c20-18(12-9-15-5-2-1-3-6-15)21-14-13-19-16-7-4-8-17(19)11-10-16/h1-3,5-6,9,12,16-17H,4,7-8,10-11,13-14H2. The molecule has 2 aliphatic heterocycles. The van der Waals surface area contributed by atoms with Crippen molar-refractivity contribution >= 4 is 12.0 Å². The van der Waals surface area contributed by atoms with Gasteiger partial charge in [0, 0.05) is 24.7 Å². The monoisotopic (exact) mass is 285 g/mol. The van der Waals surface area contributed by atoms with Crippen molar-refractivity contribution in [3.8, 4) is 0 Å². The minimum atomic E-state index is -0.247. The number of piperidine rings is 1. The van der Waals surface area contributed by atoms with Gasteiger partial charge >= 0.3 is 5.97 Å². The lowest BCUT2D eigenvalue weighted by Crippen LogP contribution is -2.41. The number of nitrogens with zero attached hydrogens (tertiary/aromatic N) is 1. The summed E-state index contributed by atoms with van der Waals surface area (Å²) in [6.07, 6.45) is 9.97. The summed E-state index contributed by atoms with van der Waals surface area (Å²) in [6, 6.07) is 11.3. The molecule has 2 unspecified atom stereocenters. The van der Waals surface area contributed by atoms with Crippen molar-refractivity contribution < 1.29 is 9.53 Å². The number of rotatable bonds is 5. The van der Waals surface area contributed by atoms with Gasteiger partial charge in [-0.3, -0.25) is 4.90 Å². The van der Waals surface area contributed by atoms with Crippen molar-refractivity contribution in [1.82, 2.24) is 4.90 Å². The molecule has 0 aromatic heterocycles. The first kappa shape index (κ1) is 14.3. The van der Waals surface area contributed by atoms with E-state index < -0.39 is 0 Å². The quantitative estimate of drug-likeness (QED) is 0.614. The second-order valence-electron chi connectivity index (χ2n) is 5.97. The number of carbonyl (C=O) groups excluding carboxylic acids is 1. The maximum absolute atomic E-state index is 11.7. The lowest BCUT2D eigenvalue weighted by Gasteiger charge is -2.34. The fourth-order valence-electron chi connectivity index (χ4n) is 3.62. The molecule has 2 fully saturated rings. The maximum Gasteiger partial charge on any atom is 0.330 e. The van der Waals surface area contributed by atoms with E-state index >= 15 is 0 Å². The first-order valence-electron chi connectivity index (χ1n) is 7.98. The second kappa shape index (κ2) is 6.90. The van der Waals surface area contributed by atoms with E-state index in [2.05, 4.69) is 4.90 Å². The van der Waals surface area contributed by atoms with Crippen LogP contribution in [0.5, 0.6) is 0 Å². The predicted octanol–water partition coefficient (Wildman–Crippen LogP) is 3.26. The van der Waals surface area contributed by atoms with Crippen LogP contribution in [0.25, 0.3) is 6.08 Å². The molecule has 112 valence electrons. The summed E-state index contributed by atoms with van der Waals surface area (Å²) in [5.41, 5.74) is 1.02. The Morgan fingerprint density at radius 1 is 1.14 bits per heavy atom. The van der Waals surface area contributed by atoms with Gasteiger partial charge in [0.05, 0.1) is 0 Å². The van der Waals surface area contributed by atoms with Crippen molar-refractivity contribution in [2.75, 3.05) is 13.2 Å². The topological polar surface area (TPSA) is 29.5 Å². The van der Waals surface area contributed by atoms with Crippen LogP contribution in [0.15, 0.2) is 36.4 Å². The highest BCUT2D eigenvalue weighted by Crippen LogP contribution is 2.34. The van der Waals surface area contributed by atoms with Gasteiger partial charge in [0.15, 0.2) is 0 Å². The van der Waals surface area contributed by atoms with Crippen molar-refractivity contribution in [3.63, 3.8) is 0 Å². The molecule has 1 aromatic carbocycles. The zero-order valence-corrected chi connectivity index (χ0v) is 12.4. The molecule has 0 amide bonds. The van der Waals surface area contributed by atoms with Gasteiger partial charge in [0.1, 0.15) is 6.61 Å². The van der Waals surface area contributed by atoms with Crippen molar-refractivity contribution in [3.05, 3.63) is 42.0 Å². The lowest BCUT2D eigenvalue weighted by atomic mass is 10.0. The number of esters is 1. The van der Waals surface area contributed by atoms with Crippen LogP contribution in [0, 0.1) is 0 Å². The maximum atomic E-state index is 11.7. The third kappa shape index (κ3) is 3.73. The normalized spacial score (nSPS) is 25.3. The van der Waals surface area contributed by atoms with Crippen LogP contribution in [0.1, 0.15) is 37.7 Å². The third-order valence-corrected chi connectivity index (χ3v) is 4.65. The van der Waals surface area contributed by atoms with Gasteiger partial charge in [-0.1, -0.05) is 36.8 Å². The average Bonchev–Trinajstić information content (AvgIpc) is 2.74.